The maximum Gasteiger partial charge on any atom is 3.00 e. The summed E-state index contributed by atoms with van der Waals surface area (Å²) in [4.78, 5) is 32.0. The molecule has 0 heterocycles. The van der Waals surface area contributed by atoms with Gasteiger partial charge in [0.05, 0.1) is 0 Å². The molecule has 0 aromatic carbocycles. The number of hydrogen-bond donors (Lipinski definition) is 0. The minimum Gasteiger partial charge on any atom is -0.444 e. The molecule has 0 amide bonds. The van der Waals surface area contributed by atoms with Crippen LogP contribution in [0.15, 0.2) is 21.4 Å². The van der Waals surface area contributed by atoms with Crippen LogP contribution in [0, 0.1) is 40.5 Å². The Kier molecular flexibility index (Phi) is 364. The van der Waals surface area contributed by atoms with Crippen LogP contribution in [0.25, 0.3) is 0 Å². The van der Waals surface area contributed by atoms with Crippen molar-refractivity contribution in [2.75, 3.05) is 0 Å². The van der Waals surface area contributed by atoms with Crippen LogP contribution >= 0.6 is 0 Å². The third-order valence-corrected chi connectivity index (χ3v) is 0. The molecule has 14 heavy (non-hydrogen) atoms. The zero-order valence-corrected chi connectivity index (χ0v) is 12.0. The molecule has 12 nitrogen and oxygen atoms in total. The smallest absolute Gasteiger partial charge is 0.444 e. The Labute approximate surface area is 117 Å². The van der Waals surface area contributed by atoms with Crippen molar-refractivity contribution < 1.29 is 29.6 Å². The van der Waals surface area contributed by atoms with Crippen molar-refractivity contribution in [3.63, 3.8) is 0 Å². The van der Waals surface area contributed by atoms with E-state index in [9.17, 15) is 0 Å². The van der Waals surface area contributed by atoms with Gasteiger partial charge in [-0.1, -0.05) is 0 Å². The first-order chi connectivity index (χ1) is 5.66. The van der Waals surface area contributed by atoms with Crippen molar-refractivity contribution in [3.05, 3.63) is 40.5 Å². The number of nitrogens with zero attached hydrogens (tertiary/aromatic N) is 4. The summed E-state index contributed by atoms with van der Waals surface area (Å²) in [5.74, 6) is 0. The van der Waals surface area contributed by atoms with E-state index in [4.69, 9.17) is 40.5 Å². The molecule has 0 saturated heterocycles. The summed E-state index contributed by atoms with van der Waals surface area (Å²) >= 11 is 0. The fourth-order valence-corrected chi connectivity index (χ4v) is 0. The molecule has 0 fully saturated rings. The molecule has 0 aliphatic carbocycles. The van der Waals surface area contributed by atoms with E-state index in [0.29, 0.717) is 0 Å². The van der Waals surface area contributed by atoms with Crippen LogP contribution in [0.5, 0.6) is 0 Å². The average molecular weight is 416 g/mol. The van der Waals surface area contributed by atoms with Crippen molar-refractivity contribution in [2.24, 2.45) is 21.4 Å². The Balaban J connectivity index is -0.0000000145. The molecule has 2 radical (unpaired) electrons. The standard InChI is InChI=1S/Bi.4HNO2.Na/c;4*2-1-3;/h;4*(H,2,3);/q+3;;;;;+1/p-4. The molecule has 0 N–H and O–H groups in total. The van der Waals surface area contributed by atoms with Crippen LogP contribution < -0.4 is 29.6 Å². The van der Waals surface area contributed by atoms with Gasteiger partial charge in [-0.15, -0.1) is 21.4 Å². The number of rotatable bonds is 0. The zero-order chi connectivity index (χ0) is 10.8. The molecule has 0 atom stereocenters. The van der Waals surface area contributed by atoms with E-state index in [1.807, 2.05) is 0 Å². The van der Waals surface area contributed by atoms with E-state index in [-0.39, 0.29) is 55.8 Å². The summed E-state index contributed by atoms with van der Waals surface area (Å²) in [6.45, 7) is 0. The Bertz CT molecular complexity index is 75.3. The normalized spacial score (nSPS) is 3.43. The van der Waals surface area contributed by atoms with Gasteiger partial charge in [-0.05, 0) is 0 Å². The van der Waals surface area contributed by atoms with Gasteiger partial charge in [0.15, 0.2) is 0 Å². The van der Waals surface area contributed by atoms with Crippen molar-refractivity contribution in [3.8, 4) is 0 Å². The molecule has 0 aromatic rings. The Morgan fingerprint density at radius 2 is 0.571 bits per heavy atom. The SMILES string of the molecule is O=N[O-].O=N[O-].O=N[O-].O=N[O-].[Bi+3].[Na+]. The third kappa shape index (κ3) is 4720. The third-order valence-electron chi connectivity index (χ3n) is 0. The predicted octanol–water partition coefficient (Wildman–Crippen LogP) is -2.37. The molecule has 0 aliphatic rings. The van der Waals surface area contributed by atoms with Gasteiger partial charge in [0.1, 0.15) is 0 Å². The maximum atomic E-state index is 8.00. The summed E-state index contributed by atoms with van der Waals surface area (Å²) in [6, 6.07) is 0. The van der Waals surface area contributed by atoms with Crippen LogP contribution in [-0.4, -0.2) is 26.2 Å². The van der Waals surface area contributed by atoms with Gasteiger partial charge in [-0.2, -0.15) is 0 Å². The van der Waals surface area contributed by atoms with Gasteiger partial charge in [0.2, 0.25) is 0 Å². The van der Waals surface area contributed by atoms with Crippen molar-refractivity contribution in [1.29, 1.82) is 0 Å². The van der Waals surface area contributed by atoms with Crippen molar-refractivity contribution >= 4 is 26.2 Å². The van der Waals surface area contributed by atoms with Crippen molar-refractivity contribution in [2.45, 2.75) is 0 Å². The molecule has 0 aliphatic heterocycles. The molecule has 0 bridgehead atoms. The van der Waals surface area contributed by atoms with Crippen LogP contribution in [0.1, 0.15) is 0 Å². The van der Waals surface area contributed by atoms with Gasteiger partial charge < -0.3 is 40.5 Å². The summed E-state index contributed by atoms with van der Waals surface area (Å²) in [6.07, 6.45) is 0. The minimum atomic E-state index is 0. The summed E-state index contributed by atoms with van der Waals surface area (Å²) < 4.78 is 0. The average Bonchev–Trinajstić information content (AvgIpc) is 1.92. The number of hydrogen-bond acceptors (Lipinski definition) is 12. The first kappa shape index (κ1) is 37.5. The van der Waals surface area contributed by atoms with Crippen molar-refractivity contribution in [1.82, 2.24) is 0 Å². The quantitative estimate of drug-likeness (QED) is 0.236. The molecule has 0 saturated carbocycles. The summed E-state index contributed by atoms with van der Waals surface area (Å²) in [7, 11) is 0. The largest absolute Gasteiger partial charge is 3.00 e. The fourth-order valence-electron chi connectivity index (χ4n) is 0. The van der Waals surface area contributed by atoms with Crippen LogP contribution in [-0.2, 0) is 0 Å². The van der Waals surface area contributed by atoms with E-state index < -0.39 is 0 Å². The van der Waals surface area contributed by atoms with Crippen LogP contribution in [0.4, 0.5) is 0 Å². The topological polar surface area (TPSA) is 210 Å². The first-order valence-corrected chi connectivity index (χ1v) is 1.46. The molecular weight excluding hydrogens is 416 g/mol. The van der Waals surface area contributed by atoms with Crippen LogP contribution in [0.3, 0.4) is 0 Å². The maximum absolute atomic E-state index is 8.00. The molecule has 0 unspecified atom stereocenters. The van der Waals surface area contributed by atoms with E-state index in [2.05, 4.69) is 0 Å². The second-order valence-corrected chi connectivity index (χ2v) is 0.298. The Morgan fingerprint density at radius 1 is 0.571 bits per heavy atom. The molecule has 0 spiro atoms. The molecule has 14 heteroatoms. The Morgan fingerprint density at radius 3 is 0.571 bits per heavy atom. The van der Waals surface area contributed by atoms with E-state index >= 15 is 0 Å². The molecular formula is BiN4NaO8. The van der Waals surface area contributed by atoms with Gasteiger partial charge in [0, 0.05) is 0 Å². The van der Waals surface area contributed by atoms with Gasteiger partial charge in [0.25, 0.3) is 0 Å². The summed E-state index contributed by atoms with van der Waals surface area (Å²) in [5, 5.41) is 36.0. The van der Waals surface area contributed by atoms with Gasteiger partial charge in [-0.3, -0.25) is 0 Å². The first-order valence-electron chi connectivity index (χ1n) is 1.46. The molecule has 74 valence electrons. The van der Waals surface area contributed by atoms with Gasteiger partial charge >= 0.3 is 55.8 Å². The predicted molar refractivity (Wildman–Crippen MR) is 42.4 cm³/mol. The monoisotopic (exact) mass is 416 g/mol. The second-order valence-electron chi connectivity index (χ2n) is 0.298. The van der Waals surface area contributed by atoms with E-state index in [1.165, 1.54) is 0 Å². The fraction of sp³-hybridized carbons (Fsp3) is 0. The molecule has 0 rings (SSSR count). The Hall–Kier alpha value is -0.517. The van der Waals surface area contributed by atoms with Crippen LogP contribution in [0.2, 0.25) is 0 Å². The van der Waals surface area contributed by atoms with Gasteiger partial charge in [-0.25, -0.2) is 0 Å². The zero-order valence-electron chi connectivity index (χ0n) is 6.50. The minimum absolute atomic E-state index is 0. The summed E-state index contributed by atoms with van der Waals surface area (Å²) in [5.41, 5.74) is 0. The molecule has 0 aromatic heterocycles. The second kappa shape index (κ2) is 136. The van der Waals surface area contributed by atoms with E-state index in [0.717, 1.165) is 21.4 Å². The van der Waals surface area contributed by atoms with E-state index in [1.54, 1.807) is 0 Å².